The molecule has 0 amide bonds. The number of anilines is 2. The smallest absolute Gasteiger partial charge is 0.433 e. The molecule has 0 aliphatic rings. The molecule has 0 saturated heterocycles. The fourth-order valence-corrected chi connectivity index (χ4v) is 1.92. The third-order valence-electron chi connectivity index (χ3n) is 2.93. The van der Waals surface area contributed by atoms with Crippen LogP contribution in [0.25, 0.3) is 11.5 Å². The molecule has 0 unspecified atom stereocenters. The van der Waals surface area contributed by atoms with E-state index in [-0.39, 0.29) is 35.5 Å². The van der Waals surface area contributed by atoms with Crippen LogP contribution in [-0.4, -0.2) is 25.0 Å². The van der Waals surface area contributed by atoms with Crippen LogP contribution in [0.4, 0.5) is 24.7 Å². The normalized spacial score (nSPS) is 10.8. The summed E-state index contributed by atoms with van der Waals surface area (Å²) in [5, 5.41) is 12.1. The average Bonchev–Trinajstić information content (AvgIpc) is 2.54. The van der Waals surface area contributed by atoms with Gasteiger partial charge in [0, 0.05) is 30.2 Å². The van der Waals surface area contributed by atoms with Crippen LogP contribution in [0.2, 0.25) is 0 Å². The van der Waals surface area contributed by atoms with Crippen LogP contribution in [-0.2, 0) is 6.18 Å². The molecule has 1 aromatic carbocycles. The van der Waals surface area contributed by atoms with Gasteiger partial charge < -0.3 is 10.4 Å². The summed E-state index contributed by atoms with van der Waals surface area (Å²) in [5.41, 5.74) is -0.615. The Morgan fingerprint density at radius 2 is 1.84 bits per heavy atom. The standard InChI is InChI=1S/C15H10F3N5O.ClH/c16-15(17,18)12-7-13(21-9-2-1-3-10(24)6-9)23-14(22-12)11-8-19-4-5-20-11;/h1-8,24H,(H,21,22,23);1H. The van der Waals surface area contributed by atoms with Crippen molar-refractivity contribution in [1.29, 1.82) is 0 Å². The van der Waals surface area contributed by atoms with Crippen LogP contribution in [0.5, 0.6) is 5.75 Å². The molecule has 2 N–H and O–H groups in total. The Balaban J connectivity index is 0.00000225. The third-order valence-corrected chi connectivity index (χ3v) is 2.93. The first-order valence-electron chi connectivity index (χ1n) is 6.70. The Hall–Kier alpha value is -2.94. The Bertz CT molecular complexity index is 861. The highest BCUT2D eigenvalue weighted by Crippen LogP contribution is 2.31. The Morgan fingerprint density at radius 1 is 1.04 bits per heavy atom. The van der Waals surface area contributed by atoms with Gasteiger partial charge >= 0.3 is 6.18 Å². The van der Waals surface area contributed by atoms with Crippen LogP contribution < -0.4 is 5.32 Å². The second-order valence-electron chi connectivity index (χ2n) is 4.73. The van der Waals surface area contributed by atoms with E-state index in [1.807, 2.05) is 0 Å². The minimum atomic E-state index is -4.64. The van der Waals surface area contributed by atoms with Crippen molar-refractivity contribution in [1.82, 2.24) is 19.9 Å². The molecule has 25 heavy (non-hydrogen) atoms. The number of phenols is 1. The number of nitrogens with one attached hydrogen (secondary N) is 1. The van der Waals surface area contributed by atoms with Gasteiger partial charge in [0.1, 0.15) is 17.3 Å². The van der Waals surface area contributed by atoms with Crippen molar-refractivity contribution in [2.75, 3.05) is 5.32 Å². The number of alkyl halides is 3. The number of phenolic OH excluding ortho intramolecular Hbond substituents is 1. The Morgan fingerprint density at radius 3 is 2.48 bits per heavy atom. The molecule has 2 heterocycles. The number of nitrogens with zero attached hydrogens (tertiary/aromatic N) is 4. The summed E-state index contributed by atoms with van der Waals surface area (Å²) in [6, 6.07) is 6.71. The molecular weight excluding hydrogens is 359 g/mol. The summed E-state index contributed by atoms with van der Waals surface area (Å²) < 4.78 is 39.2. The van der Waals surface area contributed by atoms with E-state index in [9.17, 15) is 18.3 Å². The molecule has 3 rings (SSSR count). The first kappa shape index (κ1) is 18.4. The van der Waals surface area contributed by atoms with Crippen LogP contribution in [0.1, 0.15) is 5.69 Å². The van der Waals surface area contributed by atoms with Crippen molar-refractivity contribution in [3.05, 3.63) is 54.6 Å². The number of benzene rings is 1. The lowest BCUT2D eigenvalue weighted by Gasteiger charge is -2.11. The molecule has 0 bridgehead atoms. The maximum atomic E-state index is 13.1. The van der Waals surface area contributed by atoms with E-state index < -0.39 is 11.9 Å². The number of halogens is 4. The lowest BCUT2D eigenvalue weighted by molar-refractivity contribution is -0.141. The van der Waals surface area contributed by atoms with E-state index in [1.165, 1.54) is 30.7 Å². The van der Waals surface area contributed by atoms with Gasteiger partial charge in [-0.2, -0.15) is 13.2 Å². The van der Waals surface area contributed by atoms with Gasteiger partial charge in [0.25, 0.3) is 0 Å². The van der Waals surface area contributed by atoms with E-state index in [0.29, 0.717) is 5.69 Å². The fourth-order valence-electron chi connectivity index (χ4n) is 1.92. The quantitative estimate of drug-likeness (QED) is 0.730. The molecule has 0 saturated carbocycles. The van der Waals surface area contributed by atoms with Gasteiger partial charge in [0.15, 0.2) is 11.5 Å². The molecule has 2 aromatic heterocycles. The van der Waals surface area contributed by atoms with Crippen molar-refractivity contribution < 1.29 is 18.3 Å². The summed E-state index contributed by atoms with van der Waals surface area (Å²) in [6.07, 6.45) is -0.646. The van der Waals surface area contributed by atoms with Crippen molar-refractivity contribution >= 4 is 23.9 Å². The number of hydrogen-bond donors (Lipinski definition) is 2. The lowest BCUT2D eigenvalue weighted by Crippen LogP contribution is -2.11. The molecule has 10 heteroatoms. The summed E-state index contributed by atoms with van der Waals surface area (Å²) in [5.74, 6) is -0.316. The molecule has 0 aliphatic carbocycles. The Kier molecular flexibility index (Phi) is 5.38. The van der Waals surface area contributed by atoms with Gasteiger partial charge in [-0.15, -0.1) is 12.4 Å². The number of hydrogen-bond acceptors (Lipinski definition) is 6. The minimum Gasteiger partial charge on any atom is -0.508 e. The second-order valence-corrected chi connectivity index (χ2v) is 4.73. The van der Waals surface area contributed by atoms with Crippen molar-refractivity contribution in [2.24, 2.45) is 0 Å². The number of aromatic nitrogens is 4. The van der Waals surface area contributed by atoms with Crippen molar-refractivity contribution in [3.63, 3.8) is 0 Å². The molecular formula is C15H11ClF3N5O. The lowest BCUT2D eigenvalue weighted by atomic mass is 10.3. The maximum Gasteiger partial charge on any atom is 0.433 e. The molecule has 130 valence electrons. The molecule has 0 atom stereocenters. The minimum absolute atomic E-state index is 0. The summed E-state index contributed by atoms with van der Waals surface area (Å²) in [6.45, 7) is 0. The van der Waals surface area contributed by atoms with Gasteiger partial charge in [-0.3, -0.25) is 4.98 Å². The zero-order valence-electron chi connectivity index (χ0n) is 12.4. The van der Waals surface area contributed by atoms with Gasteiger partial charge in [0.05, 0.1) is 6.20 Å². The van der Waals surface area contributed by atoms with Gasteiger partial charge in [-0.05, 0) is 12.1 Å². The summed E-state index contributed by atoms with van der Waals surface area (Å²) in [7, 11) is 0. The molecule has 0 spiro atoms. The van der Waals surface area contributed by atoms with Gasteiger partial charge in [-0.25, -0.2) is 15.0 Å². The van der Waals surface area contributed by atoms with Crippen molar-refractivity contribution in [2.45, 2.75) is 6.18 Å². The topological polar surface area (TPSA) is 83.8 Å². The largest absolute Gasteiger partial charge is 0.508 e. The van der Waals surface area contributed by atoms with E-state index >= 15 is 0 Å². The van der Waals surface area contributed by atoms with E-state index in [1.54, 1.807) is 12.1 Å². The van der Waals surface area contributed by atoms with Crippen molar-refractivity contribution in [3.8, 4) is 17.3 Å². The van der Waals surface area contributed by atoms with Gasteiger partial charge in [-0.1, -0.05) is 6.07 Å². The molecule has 6 nitrogen and oxygen atoms in total. The predicted molar refractivity (Wildman–Crippen MR) is 86.7 cm³/mol. The highest BCUT2D eigenvalue weighted by Gasteiger charge is 2.34. The monoisotopic (exact) mass is 369 g/mol. The third kappa shape index (κ3) is 4.54. The zero-order valence-corrected chi connectivity index (χ0v) is 13.2. The van der Waals surface area contributed by atoms with E-state index in [2.05, 4.69) is 25.3 Å². The molecule has 0 fully saturated rings. The van der Waals surface area contributed by atoms with Gasteiger partial charge in [0.2, 0.25) is 0 Å². The van der Waals surface area contributed by atoms with Crippen LogP contribution >= 0.6 is 12.4 Å². The second kappa shape index (κ2) is 7.31. The van der Waals surface area contributed by atoms with E-state index in [4.69, 9.17) is 0 Å². The molecule has 0 aliphatic heterocycles. The maximum absolute atomic E-state index is 13.1. The number of aromatic hydroxyl groups is 1. The fraction of sp³-hybridized carbons (Fsp3) is 0.0667. The zero-order chi connectivity index (χ0) is 17.2. The molecule has 3 aromatic rings. The highest BCUT2D eigenvalue weighted by atomic mass is 35.5. The molecule has 0 radical (unpaired) electrons. The first-order valence-corrected chi connectivity index (χ1v) is 6.70. The number of rotatable bonds is 3. The van der Waals surface area contributed by atoms with Crippen LogP contribution in [0.15, 0.2) is 48.9 Å². The average molecular weight is 370 g/mol. The van der Waals surface area contributed by atoms with Crippen LogP contribution in [0, 0.1) is 0 Å². The SMILES string of the molecule is Cl.Oc1cccc(Nc2cc(C(F)(F)F)nc(-c3cnccn3)n2)c1. The first-order chi connectivity index (χ1) is 11.4. The predicted octanol–water partition coefficient (Wildman–Crippen LogP) is 3.82. The summed E-state index contributed by atoms with van der Waals surface area (Å²) >= 11 is 0. The van der Waals surface area contributed by atoms with E-state index in [0.717, 1.165) is 6.07 Å². The summed E-state index contributed by atoms with van der Waals surface area (Å²) in [4.78, 5) is 15.3. The highest BCUT2D eigenvalue weighted by molar-refractivity contribution is 5.85. The Labute approximate surface area is 146 Å². The van der Waals surface area contributed by atoms with Crippen LogP contribution in [0.3, 0.4) is 0 Å².